The van der Waals surface area contributed by atoms with Gasteiger partial charge in [0.05, 0.1) is 24.5 Å². The summed E-state index contributed by atoms with van der Waals surface area (Å²) in [5, 5.41) is 0.0236. The molecule has 0 aromatic heterocycles. The van der Waals surface area contributed by atoms with Crippen molar-refractivity contribution < 1.29 is 18.8 Å². The van der Waals surface area contributed by atoms with Crippen molar-refractivity contribution in [1.29, 1.82) is 0 Å². The molecule has 0 saturated carbocycles. The fourth-order valence-electron chi connectivity index (χ4n) is 1.71. The van der Waals surface area contributed by atoms with Gasteiger partial charge in [-0.25, -0.2) is 4.79 Å². The molecule has 86 valence electrons. The van der Waals surface area contributed by atoms with Crippen LogP contribution in [-0.4, -0.2) is 24.2 Å². The number of hydrogen-bond donors (Lipinski definition) is 1. The van der Waals surface area contributed by atoms with Gasteiger partial charge in [-0.05, 0) is 30.6 Å². The molecule has 1 atom stereocenters. The minimum atomic E-state index is -0.384. The Labute approximate surface area is 97.8 Å². The SMILES string of the molecule is COC(=O)c1ccc2c(c1)OCCC2SO. The fourth-order valence-corrected chi connectivity index (χ4v) is 2.22. The van der Waals surface area contributed by atoms with Gasteiger partial charge in [-0.15, -0.1) is 0 Å². The molecular weight excluding hydrogens is 228 g/mol. The number of fused-ring (bicyclic) bond motifs is 1. The van der Waals surface area contributed by atoms with Gasteiger partial charge in [-0.1, -0.05) is 6.07 Å². The van der Waals surface area contributed by atoms with Gasteiger partial charge in [0.1, 0.15) is 5.75 Å². The van der Waals surface area contributed by atoms with E-state index in [1.165, 1.54) is 7.11 Å². The molecule has 1 aliphatic rings. The average molecular weight is 240 g/mol. The standard InChI is InChI=1S/C11H12O4S/c1-14-11(12)7-2-3-8-9(6-7)15-5-4-10(8)16-13/h2-3,6,10,13H,4-5H2,1H3. The zero-order chi connectivity index (χ0) is 11.5. The Morgan fingerprint density at radius 2 is 2.44 bits per heavy atom. The fraction of sp³-hybridized carbons (Fsp3) is 0.364. The van der Waals surface area contributed by atoms with Gasteiger partial charge in [0.15, 0.2) is 0 Å². The molecule has 5 heteroatoms. The normalized spacial score (nSPS) is 18.5. The number of methoxy groups -OCH3 is 1. The van der Waals surface area contributed by atoms with Gasteiger partial charge in [-0.2, -0.15) is 0 Å². The minimum Gasteiger partial charge on any atom is -0.493 e. The summed E-state index contributed by atoms with van der Waals surface area (Å²) in [6.07, 6.45) is 0.770. The summed E-state index contributed by atoms with van der Waals surface area (Å²) in [7, 11) is 1.34. The van der Waals surface area contributed by atoms with Crippen molar-refractivity contribution in [3.8, 4) is 5.75 Å². The molecular formula is C11H12O4S. The van der Waals surface area contributed by atoms with Gasteiger partial charge < -0.3 is 14.0 Å². The van der Waals surface area contributed by atoms with E-state index in [1.807, 2.05) is 0 Å². The molecule has 0 spiro atoms. The van der Waals surface area contributed by atoms with Gasteiger partial charge in [0.2, 0.25) is 0 Å². The number of benzene rings is 1. The topological polar surface area (TPSA) is 55.8 Å². The van der Waals surface area contributed by atoms with Crippen molar-refractivity contribution in [3.63, 3.8) is 0 Å². The first-order chi connectivity index (χ1) is 7.76. The van der Waals surface area contributed by atoms with E-state index in [1.54, 1.807) is 18.2 Å². The molecule has 0 fully saturated rings. The van der Waals surface area contributed by atoms with Crippen LogP contribution in [0.1, 0.15) is 27.6 Å². The van der Waals surface area contributed by atoms with E-state index in [0.29, 0.717) is 17.9 Å². The molecule has 0 saturated heterocycles. The number of carbonyl (C=O) groups is 1. The van der Waals surface area contributed by atoms with Crippen molar-refractivity contribution in [2.75, 3.05) is 13.7 Å². The highest BCUT2D eigenvalue weighted by Crippen LogP contribution is 2.39. The van der Waals surface area contributed by atoms with Crippen LogP contribution >= 0.6 is 12.0 Å². The highest BCUT2D eigenvalue weighted by atomic mass is 32.2. The number of ether oxygens (including phenoxy) is 2. The first kappa shape index (κ1) is 11.3. The van der Waals surface area contributed by atoms with Crippen LogP contribution in [0.25, 0.3) is 0 Å². The number of esters is 1. The Morgan fingerprint density at radius 3 is 3.12 bits per heavy atom. The predicted octanol–water partition coefficient (Wildman–Crippen LogP) is 2.50. The number of carbonyl (C=O) groups excluding carboxylic acids is 1. The largest absolute Gasteiger partial charge is 0.493 e. The second-order valence-corrected chi connectivity index (χ2v) is 4.26. The monoisotopic (exact) mass is 240 g/mol. The first-order valence-electron chi connectivity index (χ1n) is 4.91. The summed E-state index contributed by atoms with van der Waals surface area (Å²) in [5.41, 5.74) is 1.39. The molecule has 0 bridgehead atoms. The zero-order valence-corrected chi connectivity index (χ0v) is 9.62. The average Bonchev–Trinajstić information content (AvgIpc) is 2.36. The molecule has 1 aliphatic heterocycles. The summed E-state index contributed by atoms with van der Waals surface area (Å²) in [6.45, 7) is 0.551. The van der Waals surface area contributed by atoms with Crippen LogP contribution < -0.4 is 4.74 Å². The summed E-state index contributed by atoms with van der Waals surface area (Å²) in [5.74, 6) is 0.269. The predicted molar refractivity (Wildman–Crippen MR) is 60.9 cm³/mol. The summed E-state index contributed by atoms with van der Waals surface area (Å²) in [6, 6.07) is 5.14. The van der Waals surface area contributed by atoms with Crippen molar-refractivity contribution in [1.82, 2.24) is 0 Å². The van der Waals surface area contributed by atoms with E-state index in [2.05, 4.69) is 4.74 Å². The van der Waals surface area contributed by atoms with E-state index in [4.69, 9.17) is 9.29 Å². The lowest BCUT2D eigenvalue weighted by Gasteiger charge is -2.23. The molecule has 1 unspecified atom stereocenters. The van der Waals surface area contributed by atoms with Crippen LogP contribution in [0.4, 0.5) is 0 Å². The maximum absolute atomic E-state index is 11.3. The Bertz CT molecular complexity index is 405. The van der Waals surface area contributed by atoms with E-state index < -0.39 is 0 Å². The van der Waals surface area contributed by atoms with Crippen molar-refractivity contribution in [3.05, 3.63) is 29.3 Å². The van der Waals surface area contributed by atoms with E-state index >= 15 is 0 Å². The molecule has 0 amide bonds. The smallest absolute Gasteiger partial charge is 0.337 e. The van der Waals surface area contributed by atoms with Gasteiger partial charge >= 0.3 is 5.97 Å². The van der Waals surface area contributed by atoms with Gasteiger partial charge in [-0.3, -0.25) is 0 Å². The molecule has 16 heavy (non-hydrogen) atoms. The van der Waals surface area contributed by atoms with E-state index in [-0.39, 0.29) is 11.2 Å². The van der Waals surface area contributed by atoms with Crippen LogP contribution in [0.15, 0.2) is 18.2 Å². The Hall–Kier alpha value is -1.20. The van der Waals surface area contributed by atoms with Crippen LogP contribution in [0.2, 0.25) is 0 Å². The second-order valence-electron chi connectivity index (χ2n) is 3.48. The van der Waals surface area contributed by atoms with E-state index in [0.717, 1.165) is 24.0 Å². The summed E-state index contributed by atoms with van der Waals surface area (Å²) < 4.78 is 19.2. The molecule has 1 N–H and O–H groups in total. The summed E-state index contributed by atoms with van der Waals surface area (Å²) in [4.78, 5) is 11.3. The highest BCUT2D eigenvalue weighted by molar-refractivity contribution is 7.94. The maximum atomic E-state index is 11.3. The third-order valence-corrected chi connectivity index (χ3v) is 3.29. The third kappa shape index (κ3) is 2.01. The number of rotatable bonds is 2. The molecule has 4 nitrogen and oxygen atoms in total. The molecule has 1 aromatic carbocycles. The lowest BCUT2D eigenvalue weighted by atomic mass is 10.0. The lowest BCUT2D eigenvalue weighted by Crippen LogP contribution is -2.13. The van der Waals surface area contributed by atoms with Crippen LogP contribution in [0, 0.1) is 0 Å². The van der Waals surface area contributed by atoms with Crippen molar-refractivity contribution in [2.45, 2.75) is 11.7 Å². The van der Waals surface area contributed by atoms with Crippen molar-refractivity contribution >= 4 is 18.0 Å². The van der Waals surface area contributed by atoms with Gasteiger partial charge in [0.25, 0.3) is 0 Å². The second kappa shape index (κ2) is 4.76. The molecule has 0 radical (unpaired) electrons. The van der Waals surface area contributed by atoms with Crippen LogP contribution in [0.5, 0.6) is 5.75 Å². The maximum Gasteiger partial charge on any atom is 0.337 e. The van der Waals surface area contributed by atoms with Crippen LogP contribution in [-0.2, 0) is 4.74 Å². The molecule has 1 aromatic rings. The highest BCUT2D eigenvalue weighted by Gasteiger charge is 2.23. The summed E-state index contributed by atoms with van der Waals surface area (Å²) >= 11 is 0.812. The van der Waals surface area contributed by atoms with E-state index in [9.17, 15) is 4.79 Å². The molecule has 1 heterocycles. The zero-order valence-electron chi connectivity index (χ0n) is 8.80. The lowest BCUT2D eigenvalue weighted by molar-refractivity contribution is 0.0600. The quantitative estimate of drug-likeness (QED) is 0.635. The Balaban J connectivity index is 2.35. The minimum absolute atomic E-state index is 0.0236. The molecule has 2 rings (SSSR count). The van der Waals surface area contributed by atoms with Crippen LogP contribution in [0.3, 0.4) is 0 Å². The first-order valence-corrected chi connectivity index (χ1v) is 5.75. The third-order valence-electron chi connectivity index (χ3n) is 2.55. The number of hydrogen-bond acceptors (Lipinski definition) is 5. The van der Waals surface area contributed by atoms with Gasteiger partial charge in [0, 0.05) is 5.56 Å². The Kier molecular flexibility index (Phi) is 3.36. The molecule has 0 aliphatic carbocycles. The Morgan fingerprint density at radius 1 is 1.62 bits per heavy atom. The van der Waals surface area contributed by atoms with Crippen molar-refractivity contribution in [2.24, 2.45) is 0 Å².